The highest BCUT2D eigenvalue weighted by Crippen LogP contribution is 2.57. The van der Waals surface area contributed by atoms with Crippen LogP contribution in [0.25, 0.3) is 0 Å². The number of Topliss-reactive ketones (excluding diaryl/α,β-unsaturated/α-hetero) is 1. The van der Waals surface area contributed by atoms with Gasteiger partial charge in [-0.1, -0.05) is 19.9 Å². The monoisotopic (exact) mass is 392 g/mol. The topological polar surface area (TPSA) is 78.9 Å². The van der Waals surface area contributed by atoms with Crippen LogP contribution >= 0.6 is 0 Å². The molecule has 8 atom stereocenters. The van der Waals surface area contributed by atoms with Crippen molar-refractivity contribution >= 4 is 17.7 Å². The summed E-state index contributed by atoms with van der Waals surface area (Å²) < 4.78 is 17.6. The minimum Gasteiger partial charge on any atom is -0.462 e. The highest BCUT2D eigenvalue weighted by atomic mass is 16.6. The molecule has 0 unspecified atom stereocenters. The number of carbonyl (C=O) groups excluding carboxylic acids is 3. The Kier molecular flexibility index (Phi) is 5.72. The third-order valence-corrected chi connectivity index (χ3v) is 7.25. The van der Waals surface area contributed by atoms with E-state index in [0.29, 0.717) is 25.0 Å². The van der Waals surface area contributed by atoms with Gasteiger partial charge < -0.3 is 14.2 Å². The second-order valence-electron chi connectivity index (χ2n) is 8.78. The van der Waals surface area contributed by atoms with E-state index in [1.807, 2.05) is 20.8 Å². The average molecular weight is 392 g/mol. The summed E-state index contributed by atoms with van der Waals surface area (Å²) in [6.07, 6.45) is 1.39. The van der Waals surface area contributed by atoms with Gasteiger partial charge in [0.15, 0.2) is 0 Å². The van der Waals surface area contributed by atoms with E-state index in [1.54, 1.807) is 19.9 Å². The molecule has 0 aromatic heterocycles. The van der Waals surface area contributed by atoms with Gasteiger partial charge in [-0.05, 0) is 40.0 Å². The van der Waals surface area contributed by atoms with Crippen molar-refractivity contribution in [3.05, 3.63) is 11.6 Å². The Morgan fingerprint density at radius 2 is 2.00 bits per heavy atom. The predicted molar refractivity (Wildman–Crippen MR) is 102 cm³/mol. The highest BCUT2D eigenvalue weighted by Gasteiger charge is 2.66. The van der Waals surface area contributed by atoms with Crippen molar-refractivity contribution in [3.63, 3.8) is 0 Å². The number of fused-ring (bicyclic) bond motifs is 2. The average Bonchev–Trinajstić information content (AvgIpc) is 3.02. The summed E-state index contributed by atoms with van der Waals surface area (Å²) >= 11 is 0. The summed E-state index contributed by atoms with van der Waals surface area (Å²) in [6.45, 7) is 11.7. The van der Waals surface area contributed by atoms with Crippen LogP contribution in [0.4, 0.5) is 0 Å². The van der Waals surface area contributed by atoms with Crippen LogP contribution in [-0.4, -0.2) is 42.6 Å². The van der Waals surface area contributed by atoms with E-state index in [1.165, 1.54) is 0 Å². The van der Waals surface area contributed by atoms with E-state index in [9.17, 15) is 14.4 Å². The first kappa shape index (κ1) is 21.0. The summed E-state index contributed by atoms with van der Waals surface area (Å²) in [5, 5.41) is 0. The molecule has 6 heteroatoms. The van der Waals surface area contributed by atoms with E-state index in [0.717, 1.165) is 0 Å². The van der Waals surface area contributed by atoms with Crippen LogP contribution in [0.2, 0.25) is 0 Å². The first-order valence-corrected chi connectivity index (χ1v) is 10.4. The molecular weight excluding hydrogens is 360 g/mol. The van der Waals surface area contributed by atoms with Crippen LogP contribution < -0.4 is 0 Å². The zero-order valence-corrected chi connectivity index (χ0v) is 17.7. The third kappa shape index (κ3) is 3.10. The lowest BCUT2D eigenvalue weighted by Gasteiger charge is -2.41. The van der Waals surface area contributed by atoms with Crippen molar-refractivity contribution < 1.29 is 28.6 Å². The summed E-state index contributed by atoms with van der Waals surface area (Å²) in [7, 11) is 0. The summed E-state index contributed by atoms with van der Waals surface area (Å²) in [5.41, 5.74) is -0.413. The largest absolute Gasteiger partial charge is 0.462 e. The lowest BCUT2D eigenvalue weighted by molar-refractivity contribution is -0.165. The van der Waals surface area contributed by atoms with Crippen molar-refractivity contribution in [1.82, 2.24) is 0 Å². The summed E-state index contributed by atoms with van der Waals surface area (Å²) in [6, 6.07) is 0. The second kappa shape index (κ2) is 7.62. The Balaban J connectivity index is 2.09. The quantitative estimate of drug-likeness (QED) is 0.540. The van der Waals surface area contributed by atoms with E-state index in [-0.39, 0.29) is 41.7 Å². The number of ether oxygens (including phenoxy) is 3. The van der Waals surface area contributed by atoms with Crippen molar-refractivity contribution in [2.24, 2.45) is 29.1 Å². The minimum absolute atomic E-state index is 0.0472. The van der Waals surface area contributed by atoms with Crippen LogP contribution in [0.1, 0.15) is 54.4 Å². The van der Waals surface area contributed by atoms with Crippen molar-refractivity contribution in [3.8, 4) is 0 Å². The lowest BCUT2D eigenvalue weighted by Crippen LogP contribution is -2.51. The second-order valence-corrected chi connectivity index (χ2v) is 8.78. The number of hydrogen-bond donors (Lipinski definition) is 0. The maximum Gasteiger partial charge on any atom is 0.333 e. The molecular formula is C22H32O6. The van der Waals surface area contributed by atoms with Crippen LogP contribution in [0.3, 0.4) is 0 Å². The molecule has 1 heterocycles. The molecule has 0 amide bonds. The lowest BCUT2D eigenvalue weighted by atomic mass is 9.66. The number of rotatable bonds is 4. The fraction of sp³-hybridized carbons (Fsp3) is 0.773. The van der Waals surface area contributed by atoms with Gasteiger partial charge in [0.2, 0.25) is 0 Å². The Bertz CT molecular complexity index is 697. The van der Waals surface area contributed by atoms with Crippen LogP contribution in [-0.2, 0) is 28.6 Å². The Morgan fingerprint density at radius 1 is 1.32 bits per heavy atom. The molecule has 0 N–H and O–H groups in total. The van der Waals surface area contributed by atoms with Gasteiger partial charge >= 0.3 is 11.9 Å². The summed E-state index contributed by atoms with van der Waals surface area (Å²) in [5.74, 6) is -1.41. The van der Waals surface area contributed by atoms with Crippen molar-refractivity contribution in [2.75, 3.05) is 6.61 Å². The molecule has 0 bridgehead atoms. The van der Waals surface area contributed by atoms with Gasteiger partial charge in [0.1, 0.15) is 18.0 Å². The van der Waals surface area contributed by atoms with Crippen LogP contribution in [0, 0.1) is 29.1 Å². The Hall–Kier alpha value is -1.69. The van der Waals surface area contributed by atoms with E-state index >= 15 is 0 Å². The number of hydrogen-bond acceptors (Lipinski definition) is 6. The third-order valence-electron chi connectivity index (χ3n) is 7.25. The van der Waals surface area contributed by atoms with Gasteiger partial charge in [0.05, 0.1) is 17.4 Å². The molecule has 0 aromatic rings. The zero-order valence-electron chi connectivity index (χ0n) is 17.7. The maximum absolute atomic E-state index is 13.3. The first-order chi connectivity index (χ1) is 13.2. The molecule has 1 saturated heterocycles. The van der Waals surface area contributed by atoms with Crippen molar-refractivity contribution in [1.29, 1.82) is 0 Å². The Labute approximate surface area is 167 Å². The smallest absolute Gasteiger partial charge is 0.333 e. The molecule has 156 valence electrons. The molecule has 0 aromatic carbocycles. The normalized spacial score (nSPS) is 43.2. The number of esters is 2. The predicted octanol–water partition coefficient (Wildman–Crippen LogP) is 3.08. The van der Waals surface area contributed by atoms with Gasteiger partial charge in [0, 0.05) is 30.4 Å². The Morgan fingerprint density at radius 3 is 2.61 bits per heavy atom. The van der Waals surface area contributed by atoms with E-state index in [2.05, 4.69) is 6.92 Å². The van der Waals surface area contributed by atoms with Gasteiger partial charge in [-0.25, -0.2) is 4.79 Å². The molecule has 0 radical (unpaired) electrons. The van der Waals surface area contributed by atoms with Crippen LogP contribution in [0.15, 0.2) is 11.6 Å². The number of carbonyl (C=O) groups is 3. The van der Waals surface area contributed by atoms with E-state index in [4.69, 9.17) is 14.2 Å². The molecule has 2 saturated carbocycles. The molecule has 6 nitrogen and oxygen atoms in total. The summed E-state index contributed by atoms with van der Waals surface area (Å²) in [4.78, 5) is 38.4. The standard InChI is InChI=1S/C22H32O6/c1-7-11(3)20(24)28-19-17-13(5)21(25)27-14(17)9-12(4)18-15(26-8-2)10-16(23)22(18,19)6/h7,12-15,17-19H,8-10H2,1-6H3/t12-,13+,14-,15-,17-,18-,19+,22-/m1/s1. The van der Waals surface area contributed by atoms with Gasteiger partial charge in [-0.15, -0.1) is 0 Å². The molecule has 3 fully saturated rings. The number of allylic oxidation sites excluding steroid dienone is 1. The molecule has 28 heavy (non-hydrogen) atoms. The fourth-order valence-electron chi connectivity index (χ4n) is 5.70. The van der Waals surface area contributed by atoms with Gasteiger partial charge in [-0.3, -0.25) is 9.59 Å². The zero-order chi connectivity index (χ0) is 20.8. The van der Waals surface area contributed by atoms with Crippen LogP contribution in [0.5, 0.6) is 0 Å². The first-order valence-electron chi connectivity index (χ1n) is 10.4. The highest BCUT2D eigenvalue weighted by molar-refractivity contribution is 5.91. The molecule has 0 spiro atoms. The maximum atomic E-state index is 13.3. The van der Waals surface area contributed by atoms with Crippen molar-refractivity contribution in [2.45, 2.75) is 72.7 Å². The molecule has 3 aliphatic rings. The molecule has 2 aliphatic carbocycles. The molecule has 1 aliphatic heterocycles. The fourth-order valence-corrected chi connectivity index (χ4v) is 5.70. The van der Waals surface area contributed by atoms with Gasteiger partial charge in [-0.2, -0.15) is 0 Å². The van der Waals surface area contributed by atoms with Gasteiger partial charge in [0.25, 0.3) is 0 Å². The SMILES string of the molecule is CC=C(C)C(=O)O[C@H]1[C@@H]2[C@H](C)C(=O)O[C@@H]2C[C@@H](C)[C@@H]2[C@H](OCC)CC(=O)[C@]21C. The minimum atomic E-state index is -0.898. The molecule has 3 rings (SSSR count). The van der Waals surface area contributed by atoms with E-state index < -0.39 is 23.4 Å². The number of ketones is 1.